The third kappa shape index (κ3) is 1.55. The molecule has 1 N–H and O–H groups in total. The molecule has 14 heavy (non-hydrogen) atoms. The first-order chi connectivity index (χ1) is 6.81. The second kappa shape index (κ2) is 3.66. The zero-order valence-corrected chi connectivity index (χ0v) is 8.21. The molecule has 0 aliphatic heterocycles. The molecular weight excluding hydrogens is 174 g/mol. The van der Waals surface area contributed by atoms with Crippen molar-refractivity contribution < 1.29 is 4.79 Å². The summed E-state index contributed by atoms with van der Waals surface area (Å²) in [5.74, 6) is 0.290. The molecule has 2 heteroatoms. The van der Waals surface area contributed by atoms with E-state index in [9.17, 15) is 4.79 Å². The highest BCUT2D eigenvalue weighted by Gasteiger charge is 2.05. The summed E-state index contributed by atoms with van der Waals surface area (Å²) < 4.78 is 0. The molecule has 0 fully saturated rings. The predicted octanol–water partition coefficient (Wildman–Crippen LogP) is 2.69. The first kappa shape index (κ1) is 9.00. The van der Waals surface area contributed by atoms with Crippen molar-refractivity contribution in [1.29, 1.82) is 0 Å². The molecule has 1 aromatic heterocycles. The van der Waals surface area contributed by atoms with Gasteiger partial charge >= 0.3 is 0 Å². The molecule has 72 valence electrons. The van der Waals surface area contributed by atoms with E-state index in [2.05, 4.69) is 4.98 Å². The lowest BCUT2D eigenvalue weighted by atomic mass is 10.0. The van der Waals surface area contributed by atoms with E-state index < -0.39 is 0 Å². The maximum absolute atomic E-state index is 11.3. The Balaban J connectivity index is 2.41. The molecule has 2 nitrogen and oxygen atoms in total. The quantitative estimate of drug-likeness (QED) is 0.787. The highest BCUT2D eigenvalue weighted by Crippen LogP contribution is 2.18. The minimum Gasteiger partial charge on any atom is -0.361 e. The van der Waals surface area contributed by atoms with Gasteiger partial charge in [-0.25, -0.2) is 0 Å². The van der Waals surface area contributed by atoms with E-state index in [0.29, 0.717) is 18.6 Å². The van der Waals surface area contributed by atoms with Gasteiger partial charge in [0, 0.05) is 29.9 Å². The summed E-state index contributed by atoms with van der Waals surface area (Å²) in [6.07, 6.45) is 3.07. The Labute approximate surface area is 82.9 Å². The molecule has 0 radical (unpaired) electrons. The number of ketones is 1. The summed E-state index contributed by atoms with van der Waals surface area (Å²) in [4.78, 5) is 14.5. The molecule has 0 saturated heterocycles. The number of aromatic nitrogens is 1. The molecule has 0 amide bonds. The average Bonchev–Trinajstić information content (AvgIpc) is 2.66. The first-order valence-electron chi connectivity index (χ1n) is 4.88. The van der Waals surface area contributed by atoms with E-state index in [4.69, 9.17) is 0 Å². The van der Waals surface area contributed by atoms with Crippen LogP contribution in [0.25, 0.3) is 10.9 Å². The fourth-order valence-corrected chi connectivity index (χ4v) is 1.64. The van der Waals surface area contributed by atoms with Crippen molar-refractivity contribution in [3.05, 3.63) is 36.0 Å². The van der Waals surface area contributed by atoms with E-state index in [1.54, 1.807) is 0 Å². The maximum atomic E-state index is 11.3. The molecule has 0 spiro atoms. The van der Waals surface area contributed by atoms with Gasteiger partial charge in [0.05, 0.1) is 0 Å². The number of carbonyl (C=O) groups is 1. The standard InChI is InChI=1S/C12H13NO/c1-2-10(14)8-9-4-3-5-12-11(9)6-7-13-12/h3-7,13H,2,8H2,1H3. The van der Waals surface area contributed by atoms with Gasteiger partial charge in [-0.15, -0.1) is 0 Å². The van der Waals surface area contributed by atoms with Crippen LogP contribution >= 0.6 is 0 Å². The van der Waals surface area contributed by atoms with Crippen molar-refractivity contribution >= 4 is 16.7 Å². The number of carbonyl (C=O) groups excluding carboxylic acids is 1. The Hall–Kier alpha value is -1.57. The van der Waals surface area contributed by atoms with Gasteiger partial charge in [-0.2, -0.15) is 0 Å². The van der Waals surface area contributed by atoms with Gasteiger partial charge in [0.15, 0.2) is 0 Å². The summed E-state index contributed by atoms with van der Waals surface area (Å²) in [5.41, 5.74) is 2.22. The van der Waals surface area contributed by atoms with Gasteiger partial charge < -0.3 is 4.98 Å². The van der Waals surface area contributed by atoms with Crippen molar-refractivity contribution in [3.8, 4) is 0 Å². The molecule has 0 unspecified atom stereocenters. The second-order valence-corrected chi connectivity index (χ2v) is 3.43. The molecule has 0 aliphatic rings. The summed E-state index contributed by atoms with van der Waals surface area (Å²) in [6.45, 7) is 1.90. The Kier molecular flexibility index (Phi) is 2.35. The van der Waals surface area contributed by atoms with Gasteiger partial charge in [-0.1, -0.05) is 19.1 Å². The number of aromatic amines is 1. The van der Waals surface area contributed by atoms with E-state index >= 15 is 0 Å². The molecule has 2 rings (SSSR count). The molecule has 1 heterocycles. The van der Waals surface area contributed by atoms with Gasteiger partial charge in [-0.3, -0.25) is 4.79 Å². The summed E-state index contributed by atoms with van der Waals surface area (Å²) >= 11 is 0. The van der Waals surface area contributed by atoms with Crippen molar-refractivity contribution in [2.45, 2.75) is 19.8 Å². The van der Waals surface area contributed by atoms with E-state index in [1.165, 1.54) is 0 Å². The Morgan fingerprint density at radius 2 is 2.21 bits per heavy atom. The molecule has 0 aliphatic carbocycles. The van der Waals surface area contributed by atoms with Crippen molar-refractivity contribution in [2.75, 3.05) is 0 Å². The minimum atomic E-state index is 0.290. The van der Waals surface area contributed by atoms with Crippen LogP contribution in [0.2, 0.25) is 0 Å². The second-order valence-electron chi connectivity index (χ2n) is 3.43. The molecule has 1 aromatic carbocycles. The minimum absolute atomic E-state index is 0.290. The number of benzene rings is 1. The van der Waals surface area contributed by atoms with Crippen LogP contribution in [-0.4, -0.2) is 10.8 Å². The number of Topliss-reactive ketones (excluding diaryl/α,β-unsaturated/α-hetero) is 1. The molecule has 0 bridgehead atoms. The SMILES string of the molecule is CCC(=O)Cc1cccc2[nH]ccc12. The number of H-pyrrole nitrogens is 1. The highest BCUT2D eigenvalue weighted by atomic mass is 16.1. The van der Waals surface area contributed by atoms with Crippen LogP contribution in [0, 0.1) is 0 Å². The molecule has 0 saturated carbocycles. The lowest BCUT2D eigenvalue weighted by Gasteiger charge is -2.00. The van der Waals surface area contributed by atoms with Crippen molar-refractivity contribution in [3.63, 3.8) is 0 Å². The van der Waals surface area contributed by atoms with Crippen molar-refractivity contribution in [1.82, 2.24) is 4.98 Å². The first-order valence-corrected chi connectivity index (χ1v) is 4.88. The monoisotopic (exact) mass is 187 g/mol. The van der Waals surface area contributed by atoms with Crippen LogP contribution in [0.3, 0.4) is 0 Å². The normalized spacial score (nSPS) is 10.6. The van der Waals surface area contributed by atoms with Crippen LogP contribution in [0.1, 0.15) is 18.9 Å². The Bertz CT molecular complexity index is 456. The molecular formula is C12H13NO. The smallest absolute Gasteiger partial charge is 0.137 e. The van der Waals surface area contributed by atoms with E-state index in [-0.39, 0.29) is 0 Å². The fourth-order valence-electron chi connectivity index (χ4n) is 1.64. The summed E-state index contributed by atoms with van der Waals surface area (Å²) in [6, 6.07) is 8.05. The van der Waals surface area contributed by atoms with Crippen LogP contribution in [0.5, 0.6) is 0 Å². The molecule has 2 aromatic rings. The third-order valence-electron chi connectivity index (χ3n) is 2.47. The lowest BCUT2D eigenvalue weighted by Crippen LogP contribution is -2.00. The lowest BCUT2D eigenvalue weighted by molar-refractivity contribution is -0.118. The fraction of sp³-hybridized carbons (Fsp3) is 0.250. The van der Waals surface area contributed by atoms with Gasteiger partial charge in [0.25, 0.3) is 0 Å². The van der Waals surface area contributed by atoms with E-state index in [1.807, 2.05) is 37.4 Å². The number of rotatable bonds is 3. The summed E-state index contributed by atoms with van der Waals surface area (Å²) in [5, 5.41) is 1.16. The Morgan fingerprint density at radius 3 is 3.00 bits per heavy atom. The topological polar surface area (TPSA) is 32.9 Å². The Morgan fingerprint density at radius 1 is 1.36 bits per heavy atom. The van der Waals surface area contributed by atoms with Gasteiger partial charge in [-0.05, 0) is 17.7 Å². The van der Waals surface area contributed by atoms with E-state index in [0.717, 1.165) is 16.5 Å². The zero-order chi connectivity index (χ0) is 9.97. The predicted molar refractivity (Wildman–Crippen MR) is 57.3 cm³/mol. The highest BCUT2D eigenvalue weighted by molar-refractivity contribution is 5.89. The van der Waals surface area contributed by atoms with Gasteiger partial charge in [0.2, 0.25) is 0 Å². The average molecular weight is 187 g/mol. The number of nitrogens with one attached hydrogen (secondary N) is 1. The van der Waals surface area contributed by atoms with Crippen LogP contribution in [-0.2, 0) is 11.2 Å². The molecule has 0 atom stereocenters. The van der Waals surface area contributed by atoms with Crippen LogP contribution < -0.4 is 0 Å². The summed E-state index contributed by atoms with van der Waals surface area (Å²) in [7, 11) is 0. The van der Waals surface area contributed by atoms with Crippen LogP contribution in [0.4, 0.5) is 0 Å². The number of fused-ring (bicyclic) bond motifs is 1. The maximum Gasteiger partial charge on any atom is 0.137 e. The van der Waals surface area contributed by atoms with Crippen molar-refractivity contribution in [2.24, 2.45) is 0 Å². The largest absolute Gasteiger partial charge is 0.361 e. The van der Waals surface area contributed by atoms with Gasteiger partial charge in [0.1, 0.15) is 5.78 Å². The third-order valence-corrected chi connectivity index (χ3v) is 2.47. The number of hydrogen-bond donors (Lipinski definition) is 1. The van der Waals surface area contributed by atoms with Crippen LogP contribution in [0.15, 0.2) is 30.5 Å². The number of hydrogen-bond acceptors (Lipinski definition) is 1. The zero-order valence-electron chi connectivity index (χ0n) is 8.21.